The summed E-state index contributed by atoms with van der Waals surface area (Å²) < 4.78 is 45.8. The van der Waals surface area contributed by atoms with Crippen molar-refractivity contribution < 1.29 is 27.4 Å². The van der Waals surface area contributed by atoms with Crippen LogP contribution in [0.2, 0.25) is 0 Å². The first-order valence-corrected chi connectivity index (χ1v) is 7.55. The number of ether oxygens (including phenoxy) is 2. The van der Waals surface area contributed by atoms with Gasteiger partial charge in [0.15, 0.2) is 0 Å². The van der Waals surface area contributed by atoms with E-state index in [1.165, 1.54) is 12.1 Å². The van der Waals surface area contributed by atoms with E-state index in [2.05, 4.69) is 4.74 Å². The van der Waals surface area contributed by atoms with E-state index >= 15 is 0 Å². The molecule has 0 spiro atoms. The molecule has 0 unspecified atom stereocenters. The molecule has 1 fully saturated rings. The van der Waals surface area contributed by atoms with E-state index in [0.29, 0.717) is 38.2 Å². The molecule has 5 nitrogen and oxygen atoms in total. The molecule has 1 saturated heterocycles. The maximum atomic E-state index is 12.3. The Bertz CT molecular complexity index is 632. The van der Waals surface area contributed by atoms with Gasteiger partial charge in [-0.05, 0) is 38.0 Å². The fourth-order valence-electron chi connectivity index (χ4n) is 2.65. The Hall–Kier alpha value is -2.43. The first-order valence-electron chi connectivity index (χ1n) is 7.55. The summed E-state index contributed by atoms with van der Waals surface area (Å²) in [4.78, 5) is 13.6. The second-order valence-electron chi connectivity index (χ2n) is 5.35. The van der Waals surface area contributed by atoms with E-state index in [4.69, 9.17) is 10.00 Å². The third kappa shape index (κ3) is 4.54. The summed E-state index contributed by atoms with van der Waals surface area (Å²) in [6.45, 7) is 3.22. The van der Waals surface area contributed by atoms with Crippen LogP contribution in [0, 0.1) is 17.2 Å². The van der Waals surface area contributed by atoms with Crippen molar-refractivity contribution in [2.45, 2.75) is 26.1 Å². The Morgan fingerprint density at radius 3 is 2.58 bits per heavy atom. The molecule has 0 atom stereocenters. The van der Waals surface area contributed by atoms with Crippen LogP contribution in [0.25, 0.3) is 0 Å². The predicted molar refractivity (Wildman–Crippen MR) is 79.4 cm³/mol. The number of carbonyl (C=O) groups excluding carboxylic acids is 1. The highest BCUT2D eigenvalue weighted by atomic mass is 19.4. The smallest absolute Gasteiger partial charge is 0.466 e. The number of carbonyl (C=O) groups is 1. The van der Waals surface area contributed by atoms with Crippen molar-refractivity contribution in [2.75, 3.05) is 24.6 Å². The second kappa shape index (κ2) is 7.43. The summed E-state index contributed by atoms with van der Waals surface area (Å²) in [5.74, 6) is -0.900. The lowest BCUT2D eigenvalue weighted by Crippen LogP contribution is -2.37. The standard InChI is InChI=1S/C16H17F3N2O3/c1-2-23-15(22)11-5-7-21(8-6-11)13-3-4-14(12(9-13)10-20)24-16(17,18)19/h3-4,9,11H,2,5-8H2,1H3. The Balaban J connectivity index is 2.06. The van der Waals surface area contributed by atoms with E-state index < -0.39 is 12.1 Å². The number of rotatable bonds is 4. The minimum atomic E-state index is -4.84. The topological polar surface area (TPSA) is 62.6 Å². The van der Waals surface area contributed by atoms with Crippen molar-refractivity contribution >= 4 is 11.7 Å². The first-order chi connectivity index (χ1) is 11.3. The largest absolute Gasteiger partial charge is 0.573 e. The molecule has 1 heterocycles. The molecule has 8 heteroatoms. The van der Waals surface area contributed by atoms with Gasteiger partial charge in [0.05, 0.1) is 18.1 Å². The molecule has 1 aliphatic heterocycles. The third-order valence-electron chi connectivity index (χ3n) is 3.79. The Kier molecular flexibility index (Phi) is 5.54. The Labute approximate surface area is 137 Å². The molecule has 0 radical (unpaired) electrons. The number of nitrogens with zero attached hydrogens (tertiary/aromatic N) is 2. The SMILES string of the molecule is CCOC(=O)C1CCN(c2ccc(OC(F)(F)F)c(C#N)c2)CC1. The van der Waals surface area contributed by atoms with Crippen molar-refractivity contribution in [3.63, 3.8) is 0 Å². The molecule has 130 valence electrons. The van der Waals surface area contributed by atoms with Crippen LogP contribution in [0.3, 0.4) is 0 Å². The maximum absolute atomic E-state index is 12.3. The van der Waals surface area contributed by atoms with E-state index in [1.54, 1.807) is 13.0 Å². The van der Waals surface area contributed by atoms with E-state index in [1.807, 2.05) is 4.90 Å². The molecule has 2 rings (SSSR count). The average Bonchev–Trinajstić information content (AvgIpc) is 2.54. The van der Waals surface area contributed by atoms with Crippen molar-refractivity contribution in [3.05, 3.63) is 23.8 Å². The normalized spacial score (nSPS) is 15.7. The van der Waals surface area contributed by atoms with E-state index in [0.717, 1.165) is 6.07 Å². The Morgan fingerprint density at radius 2 is 2.04 bits per heavy atom. The first kappa shape index (κ1) is 17.9. The molecular weight excluding hydrogens is 325 g/mol. The lowest BCUT2D eigenvalue weighted by atomic mass is 9.96. The lowest BCUT2D eigenvalue weighted by Gasteiger charge is -2.32. The van der Waals surface area contributed by atoms with Gasteiger partial charge in [-0.15, -0.1) is 13.2 Å². The van der Waals surface area contributed by atoms with Gasteiger partial charge < -0.3 is 14.4 Å². The highest BCUT2D eigenvalue weighted by Crippen LogP contribution is 2.31. The molecule has 0 aromatic heterocycles. The third-order valence-corrected chi connectivity index (χ3v) is 3.79. The molecule has 0 bridgehead atoms. The number of piperidine rings is 1. The van der Waals surface area contributed by atoms with Gasteiger partial charge in [0.25, 0.3) is 0 Å². The molecule has 1 aromatic carbocycles. The minimum Gasteiger partial charge on any atom is -0.466 e. The number of hydrogen-bond acceptors (Lipinski definition) is 5. The summed E-state index contributed by atoms with van der Waals surface area (Å²) in [7, 11) is 0. The van der Waals surface area contributed by atoms with Crippen LogP contribution in [0.1, 0.15) is 25.3 Å². The molecule has 0 aliphatic carbocycles. The van der Waals surface area contributed by atoms with E-state index in [-0.39, 0.29) is 17.5 Å². The fourth-order valence-corrected chi connectivity index (χ4v) is 2.65. The van der Waals surface area contributed by atoms with Crippen LogP contribution in [-0.4, -0.2) is 32.0 Å². The molecule has 0 saturated carbocycles. The summed E-state index contributed by atoms with van der Waals surface area (Å²) in [5.41, 5.74) is 0.445. The van der Waals surface area contributed by atoms with Crippen molar-refractivity contribution in [1.29, 1.82) is 5.26 Å². The van der Waals surface area contributed by atoms with Crippen molar-refractivity contribution in [1.82, 2.24) is 0 Å². The lowest BCUT2D eigenvalue weighted by molar-refractivity contribution is -0.274. The maximum Gasteiger partial charge on any atom is 0.573 e. The van der Waals surface area contributed by atoms with Crippen molar-refractivity contribution in [3.8, 4) is 11.8 Å². The van der Waals surface area contributed by atoms with Gasteiger partial charge >= 0.3 is 12.3 Å². The molecule has 1 aliphatic rings. The number of anilines is 1. The van der Waals surface area contributed by atoms with Gasteiger partial charge in [0.2, 0.25) is 0 Å². The van der Waals surface area contributed by atoms with Gasteiger partial charge in [0, 0.05) is 18.8 Å². The predicted octanol–water partition coefficient (Wildman–Crippen LogP) is 3.24. The average molecular weight is 342 g/mol. The fraction of sp³-hybridized carbons (Fsp3) is 0.500. The summed E-state index contributed by atoms with van der Waals surface area (Å²) in [6.07, 6.45) is -3.64. The number of hydrogen-bond donors (Lipinski definition) is 0. The van der Waals surface area contributed by atoms with Gasteiger partial charge in [0.1, 0.15) is 11.8 Å². The zero-order valence-corrected chi connectivity index (χ0v) is 13.1. The molecule has 1 aromatic rings. The van der Waals surface area contributed by atoms with Gasteiger partial charge in [-0.1, -0.05) is 0 Å². The van der Waals surface area contributed by atoms with Gasteiger partial charge in [-0.3, -0.25) is 4.79 Å². The monoisotopic (exact) mass is 342 g/mol. The van der Waals surface area contributed by atoms with Crippen LogP contribution in [0.5, 0.6) is 5.75 Å². The highest BCUT2D eigenvalue weighted by Gasteiger charge is 2.32. The molecular formula is C16H17F3N2O3. The molecule has 24 heavy (non-hydrogen) atoms. The van der Waals surface area contributed by atoms with Crippen molar-refractivity contribution in [2.24, 2.45) is 5.92 Å². The number of esters is 1. The van der Waals surface area contributed by atoms with E-state index in [9.17, 15) is 18.0 Å². The summed E-state index contributed by atoms with van der Waals surface area (Å²) in [5, 5.41) is 9.03. The number of nitriles is 1. The van der Waals surface area contributed by atoms with Crippen LogP contribution in [0.4, 0.5) is 18.9 Å². The van der Waals surface area contributed by atoms with Gasteiger partial charge in [-0.25, -0.2) is 0 Å². The minimum absolute atomic E-state index is 0.163. The van der Waals surface area contributed by atoms with Crippen LogP contribution >= 0.6 is 0 Å². The van der Waals surface area contributed by atoms with Crippen LogP contribution in [0.15, 0.2) is 18.2 Å². The summed E-state index contributed by atoms with van der Waals surface area (Å²) in [6, 6.07) is 5.70. The second-order valence-corrected chi connectivity index (χ2v) is 5.35. The van der Waals surface area contributed by atoms with Crippen LogP contribution in [-0.2, 0) is 9.53 Å². The number of benzene rings is 1. The van der Waals surface area contributed by atoms with Gasteiger partial charge in [-0.2, -0.15) is 5.26 Å². The number of halogens is 3. The zero-order valence-electron chi connectivity index (χ0n) is 13.1. The molecule has 0 N–H and O–H groups in total. The molecule has 0 amide bonds. The summed E-state index contributed by atoms with van der Waals surface area (Å²) >= 11 is 0. The van der Waals surface area contributed by atoms with Crippen LogP contribution < -0.4 is 9.64 Å². The highest BCUT2D eigenvalue weighted by molar-refractivity contribution is 5.73. The quantitative estimate of drug-likeness (QED) is 0.786. The number of alkyl halides is 3. The zero-order chi connectivity index (χ0) is 17.7. The Morgan fingerprint density at radius 1 is 1.38 bits per heavy atom.